The monoisotopic (exact) mass is 364 g/mol. The lowest BCUT2D eigenvalue weighted by atomic mass is 9.87. The van der Waals surface area contributed by atoms with E-state index in [0.29, 0.717) is 19.5 Å². The summed E-state index contributed by atoms with van der Waals surface area (Å²) in [5.41, 5.74) is 0.886. The van der Waals surface area contributed by atoms with Crippen molar-refractivity contribution in [3.8, 4) is 0 Å². The molecule has 1 spiro atoms. The SMILES string of the molecule is CCS(=O)(=O)N1CCCC2(CCCN2C(=O)CCc2ccccc2)C1. The Balaban J connectivity index is 1.69. The third-order valence-corrected chi connectivity index (χ3v) is 7.47. The van der Waals surface area contributed by atoms with Gasteiger partial charge in [0, 0.05) is 26.1 Å². The summed E-state index contributed by atoms with van der Waals surface area (Å²) in [5.74, 6) is 0.294. The van der Waals surface area contributed by atoms with Crippen molar-refractivity contribution in [2.45, 2.75) is 51.0 Å². The molecule has 1 unspecified atom stereocenters. The molecule has 2 fully saturated rings. The zero-order valence-electron chi connectivity index (χ0n) is 15.0. The maximum atomic E-state index is 12.9. The second-order valence-electron chi connectivity index (χ2n) is 7.20. The first-order valence-corrected chi connectivity index (χ1v) is 10.9. The Labute approximate surface area is 151 Å². The minimum Gasteiger partial charge on any atom is -0.336 e. The van der Waals surface area contributed by atoms with E-state index < -0.39 is 10.0 Å². The first kappa shape index (κ1) is 18.4. The van der Waals surface area contributed by atoms with Crippen molar-refractivity contribution >= 4 is 15.9 Å². The van der Waals surface area contributed by atoms with E-state index in [9.17, 15) is 13.2 Å². The number of piperidine rings is 1. The van der Waals surface area contributed by atoms with Crippen LogP contribution in [0.2, 0.25) is 0 Å². The van der Waals surface area contributed by atoms with E-state index in [2.05, 4.69) is 0 Å². The van der Waals surface area contributed by atoms with Crippen molar-refractivity contribution in [3.63, 3.8) is 0 Å². The Morgan fingerprint density at radius 3 is 2.48 bits per heavy atom. The average Bonchev–Trinajstić information content (AvgIpc) is 3.03. The maximum Gasteiger partial charge on any atom is 0.223 e. The van der Waals surface area contributed by atoms with Gasteiger partial charge in [-0.15, -0.1) is 0 Å². The van der Waals surface area contributed by atoms with Gasteiger partial charge in [-0.1, -0.05) is 30.3 Å². The van der Waals surface area contributed by atoms with Crippen LogP contribution < -0.4 is 0 Å². The first-order chi connectivity index (χ1) is 12.0. The highest BCUT2D eigenvalue weighted by atomic mass is 32.2. The molecule has 6 heteroatoms. The second-order valence-corrected chi connectivity index (χ2v) is 9.45. The summed E-state index contributed by atoms with van der Waals surface area (Å²) in [7, 11) is -3.19. The van der Waals surface area contributed by atoms with Crippen LogP contribution in [0.25, 0.3) is 0 Å². The van der Waals surface area contributed by atoms with Crippen molar-refractivity contribution in [2.24, 2.45) is 0 Å². The Kier molecular flexibility index (Phi) is 5.49. The molecule has 1 aromatic rings. The van der Waals surface area contributed by atoms with Crippen LogP contribution in [-0.2, 0) is 21.2 Å². The van der Waals surface area contributed by atoms with Crippen molar-refractivity contribution in [1.29, 1.82) is 0 Å². The molecular weight excluding hydrogens is 336 g/mol. The van der Waals surface area contributed by atoms with E-state index in [-0.39, 0.29) is 17.2 Å². The third kappa shape index (κ3) is 3.90. The van der Waals surface area contributed by atoms with Crippen LogP contribution in [0.5, 0.6) is 0 Å². The van der Waals surface area contributed by atoms with Crippen LogP contribution in [0.4, 0.5) is 0 Å². The largest absolute Gasteiger partial charge is 0.336 e. The number of hydrogen-bond donors (Lipinski definition) is 0. The van der Waals surface area contributed by atoms with E-state index in [1.165, 1.54) is 5.56 Å². The molecule has 0 radical (unpaired) electrons. The zero-order chi connectivity index (χ0) is 17.9. The van der Waals surface area contributed by atoms with E-state index >= 15 is 0 Å². The molecule has 0 saturated carbocycles. The van der Waals surface area contributed by atoms with Gasteiger partial charge in [0.25, 0.3) is 0 Å². The molecule has 0 bridgehead atoms. The number of carbonyl (C=O) groups is 1. The minimum absolute atomic E-state index is 0.130. The average molecular weight is 365 g/mol. The molecule has 25 heavy (non-hydrogen) atoms. The Hall–Kier alpha value is -1.40. The molecule has 2 heterocycles. The molecule has 1 aromatic carbocycles. The van der Waals surface area contributed by atoms with Gasteiger partial charge in [-0.25, -0.2) is 8.42 Å². The van der Waals surface area contributed by atoms with Crippen LogP contribution in [-0.4, -0.2) is 54.5 Å². The summed E-state index contributed by atoms with van der Waals surface area (Å²) in [4.78, 5) is 14.9. The summed E-state index contributed by atoms with van der Waals surface area (Å²) in [5, 5.41) is 0. The lowest BCUT2D eigenvalue weighted by molar-refractivity contribution is -0.136. The molecule has 1 amide bonds. The van der Waals surface area contributed by atoms with Gasteiger partial charge < -0.3 is 4.90 Å². The molecule has 0 aromatic heterocycles. The van der Waals surface area contributed by atoms with Crippen LogP contribution >= 0.6 is 0 Å². The number of aryl methyl sites for hydroxylation is 1. The second kappa shape index (κ2) is 7.46. The number of amides is 1. The van der Waals surface area contributed by atoms with Gasteiger partial charge in [0.05, 0.1) is 11.3 Å². The predicted octanol–water partition coefficient (Wildman–Crippen LogP) is 2.43. The van der Waals surface area contributed by atoms with E-state index in [0.717, 1.165) is 38.6 Å². The number of carbonyl (C=O) groups excluding carboxylic acids is 1. The molecule has 2 aliphatic rings. The lowest BCUT2D eigenvalue weighted by Crippen LogP contribution is -2.58. The van der Waals surface area contributed by atoms with Crippen LogP contribution in [0.3, 0.4) is 0 Å². The summed E-state index contributed by atoms with van der Waals surface area (Å²) in [6, 6.07) is 10.1. The van der Waals surface area contributed by atoms with Gasteiger partial charge in [0.1, 0.15) is 0 Å². The molecule has 138 valence electrons. The van der Waals surface area contributed by atoms with Crippen molar-refractivity contribution in [1.82, 2.24) is 9.21 Å². The van der Waals surface area contributed by atoms with Gasteiger partial charge in [-0.3, -0.25) is 4.79 Å². The zero-order valence-corrected chi connectivity index (χ0v) is 15.8. The maximum absolute atomic E-state index is 12.9. The number of rotatable bonds is 5. The fraction of sp³-hybridized carbons (Fsp3) is 0.632. The summed E-state index contributed by atoms with van der Waals surface area (Å²) in [6.45, 7) is 3.51. The van der Waals surface area contributed by atoms with E-state index in [1.807, 2.05) is 35.2 Å². The Bertz CT molecular complexity index is 705. The summed E-state index contributed by atoms with van der Waals surface area (Å²) >= 11 is 0. The predicted molar refractivity (Wildman–Crippen MR) is 98.7 cm³/mol. The van der Waals surface area contributed by atoms with Crippen LogP contribution in [0.15, 0.2) is 30.3 Å². The molecule has 0 N–H and O–H groups in total. The molecule has 3 rings (SSSR count). The number of nitrogens with zero attached hydrogens (tertiary/aromatic N) is 2. The number of sulfonamides is 1. The fourth-order valence-electron chi connectivity index (χ4n) is 4.27. The highest BCUT2D eigenvalue weighted by Crippen LogP contribution is 2.38. The topological polar surface area (TPSA) is 57.7 Å². The van der Waals surface area contributed by atoms with Gasteiger partial charge in [-0.05, 0) is 44.6 Å². The molecule has 0 aliphatic carbocycles. The van der Waals surface area contributed by atoms with Gasteiger partial charge in [0.15, 0.2) is 0 Å². The van der Waals surface area contributed by atoms with Gasteiger partial charge >= 0.3 is 0 Å². The minimum atomic E-state index is -3.19. The van der Waals surface area contributed by atoms with Crippen molar-refractivity contribution in [3.05, 3.63) is 35.9 Å². The van der Waals surface area contributed by atoms with Crippen molar-refractivity contribution < 1.29 is 13.2 Å². The smallest absolute Gasteiger partial charge is 0.223 e. The molecule has 1 atom stereocenters. The fourth-order valence-corrected chi connectivity index (χ4v) is 5.48. The van der Waals surface area contributed by atoms with Crippen molar-refractivity contribution in [2.75, 3.05) is 25.4 Å². The number of benzene rings is 1. The number of likely N-dealkylation sites (tertiary alicyclic amines) is 1. The Morgan fingerprint density at radius 1 is 1.12 bits per heavy atom. The molecular formula is C19H28N2O3S. The quantitative estimate of drug-likeness (QED) is 0.806. The van der Waals surface area contributed by atoms with E-state index in [4.69, 9.17) is 0 Å². The molecule has 5 nitrogen and oxygen atoms in total. The van der Waals surface area contributed by atoms with Gasteiger partial charge in [0.2, 0.25) is 15.9 Å². The normalized spacial score (nSPS) is 24.8. The number of hydrogen-bond acceptors (Lipinski definition) is 3. The molecule has 2 aliphatic heterocycles. The summed E-state index contributed by atoms with van der Waals surface area (Å²) < 4.78 is 26.2. The van der Waals surface area contributed by atoms with Gasteiger partial charge in [-0.2, -0.15) is 4.31 Å². The highest BCUT2D eigenvalue weighted by molar-refractivity contribution is 7.89. The molecule has 2 saturated heterocycles. The summed E-state index contributed by atoms with van der Waals surface area (Å²) in [6.07, 6.45) is 4.87. The van der Waals surface area contributed by atoms with Crippen LogP contribution in [0, 0.1) is 0 Å². The third-order valence-electron chi connectivity index (χ3n) is 5.65. The van der Waals surface area contributed by atoms with E-state index in [1.54, 1.807) is 11.2 Å². The van der Waals surface area contributed by atoms with Crippen LogP contribution in [0.1, 0.15) is 44.6 Å². The highest BCUT2D eigenvalue weighted by Gasteiger charge is 2.47. The standard InChI is InChI=1S/C19H28N2O3S/c1-2-25(23,24)20-14-6-12-19(16-20)13-7-15-21(19)18(22)11-10-17-8-4-3-5-9-17/h3-5,8-9H,2,6-7,10-16H2,1H3. The Morgan fingerprint density at radius 2 is 1.80 bits per heavy atom. The first-order valence-electron chi connectivity index (χ1n) is 9.29. The lowest BCUT2D eigenvalue weighted by Gasteiger charge is -2.45.